The van der Waals surface area contributed by atoms with Crippen molar-refractivity contribution in [3.63, 3.8) is 0 Å². The van der Waals surface area contributed by atoms with Crippen LogP contribution in [0, 0.1) is 12.8 Å². The second kappa shape index (κ2) is 6.82. The van der Waals surface area contributed by atoms with Gasteiger partial charge in [0.05, 0.1) is 5.56 Å². The molecule has 6 heteroatoms. The maximum atomic E-state index is 10.9. The Hall–Kier alpha value is -1.20. The summed E-state index contributed by atoms with van der Waals surface area (Å²) in [6.45, 7) is 4.03. The SMILES string of the molecule is Cc1nc(Cl)c(C=O)c(NCCCOCC2CC2)n1. The molecule has 0 aromatic carbocycles. The number of aromatic nitrogens is 2. The van der Waals surface area contributed by atoms with E-state index in [1.54, 1.807) is 6.92 Å². The van der Waals surface area contributed by atoms with Gasteiger partial charge in [-0.1, -0.05) is 11.6 Å². The maximum Gasteiger partial charge on any atom is 0.156 e. The summed E-state index contributed by atoms with van der Waals surface area (Å²) in [4.78, 5) is 19.1. The lowest BCUT2D eigenvalue weighted by molar-refractivity contribution is 0.112. The lowest BCUT2D eigenvalue weighted by Crippen LogP contribution is -2.11. The number of aryl methyl sites for hydroxylation is 1. The van der Waals surface area contributed by atoms with Crippen LogP contribution >= 0.6 is 11.6 Å². The smallest absolute Gasteiger partial charge is 0.156 e. The van der Waals surface area contributed by atoms with Gasteiger partial charge in [-0.2, -0.15) is 0 Å². The van der Waals surface area contributed by atoms with Gasteiger partial charge in [0, 0.05) is 19.8 Å². The monoisotopic (exact) mass is 283 g/mol. The van der Waals surface area contributed by atoms with Crippen LogP contribution in [0.25, 0.3) is 0 Å². The van der Waals surface area contributed by atoms with Crippen molar-refractivity contribution >= 4 is 23.7 Å². The predicted octanol–water partition coefficient (Wildman–Crippen LogP) is 2.48. The van der Waals surface area contributed by atoms with E-state index in [1.165, 1.54) is 12.8 Å². The van der Waals surface area contributed by atoms with Gasteiger partial charge in [0.2, 0.25) is 0 Å². The van der Waals surface area contributed by atoms with Gasteiger partial charge in [0.25, 0.3) is 0 Å². The molecular formula is C13H18ClN3O2. The van der Waals surface area contributed by atoms with Crippen molar-refractivity contribution in [2.45, 2.75) is 26.2 Å². The summed E-state index contributed by atoms with van der Waals surface area (Å²) in [6.07, 6.45) is 4.15. The highest BCUT2D eigenvalue weighted by Crippen LogP contribution is 2.28. The molecule has 0 saturated heterocycles. The third-order valence-corrected chi connectivity index (χ3v) is 3.23. The lowest BCUT2D eigenvalue weighted by Gasteiger charge is -2.09. The highest BCUT2D eigenvalue weighted by molar-refractivity contribution is 6.32. The molecule has 1 heterocycles. The first-order valence-electron chi connectivity index (χ1n) is 6.51. The molecule has 104 valence electrons. The molecule has 0 aliphatic heterocycles. The molecule has 1 fully saturated rings. The third kappa shape index (κ3) is 4.44. The number of hydrogen-bond acceptors (Lipinski definition) is 5. The quantitative estimate of drug-likeness (QED) is 0.451. The Morgan fingerprint density at radius 3 is 2.95 bits per heavy atom. The molecule has 0 bridgehead atoms. The molecular weight excluding hydrogens is 266 g/mol. The van der Waals surface area contributed by atoms with Crippen LogP contribution in [0.15, 0.2) is 0 Å². The van der Waals surface area contributed by atoms with Crippen LogP contribution in [0.4, 0.5) is 5.82 Å². The van der Waals surface area contributed by atoms with Crippen LogP contribution < -0.4 is 5.32 Å². The number of ether oxygens (including phenoxy) is 1. The number of carbonyl (C=O) groups is 1. The molecule has 2 rings (SSSR count). The molecule has 19 heavy (non-hydrogen) atoms. The molecule has 1 N–H and O–H groups in total. The first-order valence-corrected chi connectivity index (χ1v) is 6.89. The fourth-order valence-corrected chi connectivity index (χ4v) is 1.96. The van der Waals surface area contributed by atoms with Crippen LogP contribution in [0.2, 0.25) is 5.15 Å². The summed E-state index contributed by atoms with van der Waals surface area (Å²) in [6, 6.07) is 0. The first-order chi connectivity index (χ1) is 9.20. The summed E-state index contributed by atoms with van der Waals surface area (Å²) in [7, 11) is 0. The number of anilines is 1. The van der Waals surface area contributed by atoms with Crippen LogP contribution in [0.5, 0.6) is 0 Å². The zero-order chi connectivity index (χ0) is 13.7. The normalized spacial score (nSPS) is 14.4. The average Bonchev–Trinajstić information content (AvgIpc) is 3.17. The molecule has 1 aliphatic rings. The highest BCUT2D eigenvalue weighted by Gasteiger charge is 2.20. The van der Waals surface area contributed by atoms with Crippen molar-refractivity contribution in [3.8, 4) is 0 Å². The van der Waals surface area contributed by atoms with E-state index in [2.05, 4.69) is 15.3 Å². The minimum atomic E-state index is 0.190. The van der Waals surface area contributed by atoms with Gasteiger partial charge in [-0.05, 0) is 32.1 Å². The summed E-state index contributed by atoms with van der Waals surface area (Å²) in [5, 5.41) is 3.29. The number of nitrogens with zero attached hydrogens (tertiary/aromatic N) is 2. The molecule has 0 spiro atoms. The Labute approximate surface area is 117 Å². The molecule has 1 aromatic heterocycles. The van der Waals surface area contributed by atoms with Gasteiger partial charge < -0.3 is 10.1 Å². The molecule has 0 atom stereocenters. The Kier molecular flexibility index (Phi) is 5.10. The van der Waals surface area contributed by atoms with Gasteiger partial charge in [-0.25, -0.2) is 9.97 Å². The largest absolute Gasteiger partial charge is 0.381 e. The predicted molar refractivity (Wildman–Crippen MR) is 73.8 cm³/mol. The summed E-state index contributed by atoms with van der Waals surface area (Å²) in [5.41, 5.74) is 0.311. The van der Waals surface area contributed by atoms with Crippen molar-refractivity contribution in [3.05, 3.63) is 16.5 Å². The standard InChI is InChI=1S/C13H18ClN3O2/c1-9-16-12(14)11(7-18)13(17-9)15-5-2-6-19-8-10-3-4-10/h7,10H,2-6,8H2,1H3,(H,15,16,17). The summed E-state index contributed by atoms with van der Waals surface area (Å²) in [5.74, 6) is 1.83. The summed E-state index contributed by atoms with van der Waals surface area (Å²) < 4.78 is 5.53. The van der Waals surface area contributed by atoms with Gasteiger partial charge in [-0.3, -0.25) is 4.79 Å². The Bertz CT molecular complexity index is 450. The topological polar surface area (TPSA) is 64.1 Å². The van der Waals surface area contributed by atoms with Crippen LogP contribution in [-0.4, -0.2) is 36.0 Å². The molecule has 0 amide bonds. The van der Waals surface area contributed by atoms with Crippen LogP contribution in [-0.2, 0) is 4.74 Å². The van der Waals surface area contributed by atoms with E-state index in [0.29, 0.717) is 30.0 Å². The van der Waals surface area contributed by atoms with Gasteiger partial charge in [0.15, 0.2) is 6.29 Å². The fourth-order valence-electron chi connectivity index (χ4n) is 1.70. The van der Waals surface area contributed by atoms with Crippen molar-refractivity contribution in [1.82, 2.24) is 9.97 Å². The van der Waals surface area contributed by atoms with Gasteiger partial charge in [0.1, 0.15) is 16.8 Å². The maximum absolute atomic E-state index is 10.9. The van der Waals surface area contributed by atoms with Gasteiger partial charge in [-0.15, -0.1) is 0 Å². The van der Waals surface area contributed by atoms with Crippen LogP contribution in [0.3, 0.4) is 0 Å². The zero-order valence-electron chi connectivity index (χ0n) is 11.0. The van der Waals surface area contributed by atoms with Crippen LogP contribution in [0.1, 0.15) is 35.4 Å². The van der Waals surface area contributed by atoms with E-state index < -0.39 is 0 Å². The number of hydrogen-bond donors (Lipinski definition) is 1. The molecule has 0 unspecified atom stereocenters. The van der Waals surface area contributed by atoms with E-state index in [0.717, 1.165) is 25.6 Å². The van der Waals surface area contributed by atoms with E-state index in [4.69, 9.17) is 16.3 Å². The Balaban J connectivity index is 1.76. The summed E-state index contributed by atoms with van der Waals surface area (Å²) >= 11 is 5.89. The number of halogens is 1. The average molecular weight is 284 g/mol. The molecule has 1 saturated carbocycles. The number of carbonyl (C=O) groups excluding carboxylic acids is 1. The van der Waals surface area contributed by atoms with Crippen molar-refractivity contribution < 1.29 is 9.53 Å². The second-order valence-corrected chi connectivity index (χ2v) is 5.10. The third-order valence-electron chi connectivity index (χ3n) is 2.94. The zero-order valence-corrected chi connectivity index (χ0v) is 11.7. The van der Waals surface area contributed by atoms with E-state index >= 15 is 0 Å². The van der Waals surface area contributed by atoms with Crippen molar-refractivity contribution in [1.29, 1.82) is 0 Å². The molecule has 5 nitrogen and oxygen atoms in total. The molecule has 1 aromatic rings. The Morgan fingerprint density at radius 2 is 2.26 bits per heavy atom. The fraction of sp³-hybridized carbons (Fsp3) is 0.615. The van der Waals surface area contributed by atoms with Gasteiger partial charge >= 0.3 is 0 Å². The number of rotatable bonds is 8. The Morgan fingerprint density at radius 1 is 1.47 bits per heavy atom. The number of aldehydes is 1. The minimum absolute atomic E-state index is 0.190. The van der Waals surface area contributed by atoms with E-state index in [9.17, 15) is 4.79 Å². The van der Waals surface area contributed by atoms with Crippen molar-refractivity contribution in [2.75, 3.05) is 25.1 Å². The highest BCUT2D eigenvalue weighted by atomic mass is 35.5. The van der Waals surface area contributed by atoms with Crippen molar-refractivity contribution in [2.24, 2.45) is 5.92 Å². The number of nitrogens with one attached hydrogen (secondary N) is 1. The van der Waals surface area contributed by atoms with E-state index in [1.807, 2.05) is 0 Å². The minimum Gasteiger partial charge on any atom is -0.381 e. The lowest BCUT2D eigenvalue weighted by atomic mass is 10.3. The van der Waals surface area contributed by atoms with E-state index in [-0.39, 0.29) is 5.15 Å². The first kappa shape index (κ1) is 14.2. The second-order valence-electron chi connectivity index (χ2n) is 4.74. The molecule has 0 radical (unpaired) electrons. The molecule has 1 aliphatic carbocycles.